The Labute approximate surface area is 102 Å². The highest BCUT2D eigenvalue weighted by molar-refractivity contribution is 6.30. The molecule has 2 rings (SSSR count). The Hall–Kier alpha value is -1.04. The Kier molecular flexibility index (Phi) is 4.42. The third-order valence-corrected chi connectivity index (χ3v) is 2.76. The zero-order valence-corrected chi connectivity index (χ0v) is 9.83. The predicted octanol–water partition coefficient (Wildman–Crippen LogP) is 1.46. The highest BCUT2D eigenvalue weighted by Gasteiger charge is 2.21. The van der Waals surface area contributed by atoms with Crippen LogP contribution in [0.5, 0.6) is 5.75 Å². The second-order valence-corrected chi connectivity index (χ2v) is 4.07. The summed E-state index contributed by atoms with van der Waals surface area (Å²) in [6.07, 6.45) is 0.295. The molecule has 5 heteroatoms. The fourth-order valence-corrected chi connectivity index (χ4v) is 1.55. The van der Waals surface area contributed by atoms with E-state index in [0.29, 0.717) is 19.6 Å². The van der Waals surface area contributed by atoms with E-state index in [9.17, 15) is 5.11 Å². The van der Waals surface area contributed by atoms with E-state index < -0.39 is 6.10 Å². The van der Waals surface area contributed by atoms with Gasteiger partial charge in [0.2, 0.25) is 0 Å². The quantitative estimate of drug-likeness (QED) is 0.620. The minimum Gasteiger partial charge on any atom is -0.491 e. The van der Waals surface area contributed by atoms with E-state index in [-0.39, 0.29) is 5.82 Å². The molecule has 1 heterocycles. The second kappa shape index (κ2) is 6.05. The maximum atomic E-state index is 9.38. The van der Waals surface area contributed by atoms with Crippen molar-refractivity contribution in [3.63, 3.8) is 0 Å². The smallest absolute Gasteiger partial charge is 0.354 e. The van der Waals surface area contributed by atoms with Gasteiger partial charge in [-0.05, 0) is 24.1 Å². The van der Waals surface area contributed by atoms with Crippen LogP contribution in [0.15, 0.2) is 24.3 Å². The number of aliphatic hydroxyl groups is 1. The van der Waals surface area contributed by atoms with E-state index >= 15 is 0 Å². The normalized spacial score (nSPS) is 20.9. The lowest BCUT2D eigenvalue weighted by Gasteiger charge is -2.11. The molecule has 0 spiro atoms. The van der Waals surface area contributed by atoms with E-state index in [4.69, 9.17) is 14.4 Å². The molecule has 1 aromatic rings. The Balaban J connectivity index is 1.88. The van der Waals surface area contributed by atoms with Gasteiger partial charge >= 0.3 is 7.48 Å². The summed E-state index contributed by atoms with van der Waals surface area (Å²) in [6, 6.07) is 7.74. The Morgan fingerprint density at radius 2 is 2.24 bits per heavy atom. The summed E-state index contributed by atoms with van der Waals surface area (Å²) in [5, 5.41) is 9.38. The molecule has 1 aromatic carbocycles. The lowest BCUT2D eigenvalue weighted by atomic mass is 9.77. The molecular weight excluding hydrogens is 219 g/mol. The molecule has 0 saturated carbocycles. The largest absolute Gasteiger partial charge is 0.491 e. The maximum absolute atomic E-state index is 9.38. The van der Waals surface area contributed by atoms with E-state index in [1.807, 2.05) is 31.2 Å². The standard InChI is InChI=1S/C12H16BO4/c1-2-10(14)7-15-11-5-3-9(4-6-11)12-8-16-17-13-12/h3-6,10,12,14H,2,7-8H2,1H3. The fourth-order valence-electron chi connectivity index (χ4n) is 1.55. The van der Waals surface area contributed by atoms with Gasteiger partial charge in [-0.3, -0.25) is 4.89 Å². The summed E-state index contributed by atoms with van der Waals surface area (Å²) in [5.41, 5.74) is 1.13. The van der Waals surface area contributed by atoms with Gasteiger partial charge < -0.3 is 14.6 Å². The number of hydrogen-bond donors (Lipinski definition) is 1. The summed E-state index contributed by atoms with van der Waals surface area (Å²) >= 11 is 0. The molecule has 1 N–H and O–H groups in total. The average Bonchev–Trinajstić information content (AvgIpc) is 2.90. The van der Waals surface area contributed by atoms with Crippen LogP contribution >= 0.6 is 0 Å². The summed E-state index contributed by atoms with van der Waals surface area (Å²) in [7, 11) is 1.68. The molecule has 2 unspecified atom stereocenters. The van der Waals surface area contributed by atoms with Gasteiger partial charge in [0.1, 0.15) is 12.4 Å². The maximum Gasteiger partial charge on any atom is 0.354 e. The zero-order valence-electron chi connectivity index (χ0n) is 9.83. The molecule has 0 amide bonds. The number of rotatable bonds is 5. The predicted molar refractivity (Wildman–Crippen MR) is 63.8 cm³/mol. The summed E-state index contributed by atoms with van der Waals surface area (Å²) in [5.74, 6) is 0.950. The number of ether oxygens (including phenoxy) is 1. The minimum absolute atomic E-state index is 0.185. The van der Waals surface area contributed by atoms with E-state index in [2.05, 4.69) is 0 Å². The second-order valence-electron chi connectivity index (χ2n) is 4.07. The Bertz CT molecular complexity index is 335. The number of hydrogen-bond acceptors (Lipinski definition) is 4. The minimum atomic E-state index is -0.403. The Morgan fingerprint density at radius 3 is 2.82 bits per heavy atom. The van der Waals surface area contributed by atoms with E-state index in [1.165, 1.54) is 0 Å². The first kappa shape index (κ1) is 12.4. The first-order valence-electron chi connectivity index (χ1n) is 5.82. The van der Waals surface area contributed by atoms with Crippen LogP contribution in [0.3, 0.4) is 0 Å². The summed E-state index contributed by atoms with van der Waals surface area (Å²) in [4.78, 5) is 9.56. The van der Waals surface area contributed by atoms with Gasteiger partial charge in [0, 0.05) is 5.82 Å². The van der Waals surface area contributed by atoms with E-state index in [1.54, 1.807) is 7.48 Å². The highest BCUT2D eigenvalue weighted by Crippen LogP contribution is 2.22. The van der Waals surface area contributed by atoms with Gasteiger partial charge in [0.25, 0.3) is 0 Å². The highest BCUT2D eigenvalue weighted by atomic mass is 17.2. The molecule has 17 heavy (non-hydrogen) atoms. The SMILES string of the molecule is CCC(O)COc1ccc(C2[B]OOC2)cc1. The van der Waals surface area contributed by atoms with Crippen LogP contribution in [-0.4, -0.2) is 31.9 Å². The van der Waals surface area contributed by atoms with Crippen molar-refractivity contribution in [1.82, 2.24) is 0 Å². The monoisotopic (exact) mass is 235 g/mol. The van der Waals surface area contributed by atoms with Crippen LogP contribution in [-0.2, 0) is 9.69 Å². The molecule has 0 aliphatic carbocycles. The van der Waals surface area contributed by atoms with Crippen molar-refractivity contribution in [2.24, 2.45) is 0 Å². The number of aliphatic hydroxyl groups excluding tert-OH is 1. The first-order chi connectivity index (χ1) is 8.29. The molecular formula is C12H16BO4. The third-order valence-electron chi connectivity index (χ3n) is 2.76. The topological polar surface area (TPSA) is 47.9 Å². The van der Waals surface area contributed by atoms with Crippen LogP contribution in [0.25, 0.3) is 0 Å². The van der Waals surface area contributed by atoms with Gasteiger partial charge in [-0.2, -0.15) is 0 Å². The number of benzene rings is 1. The van der Waals surface area contributed by atoms with Crippen LogP contribution in [0.1, 0.15) is 24.7 Å². The van der Waals surface area contributed by atoms with Crippen molar-refractivity contribution in [2.75, 3.05) is 13.2 Å². The molecule has 1 fully saturated rings. The molecule has 2 atom stereocenters. The fraction of sp³-hybridized carbons (Fsp3) is 0.500. The summed E-state index contributed by atoms with van der Waals surface area (Å²) in [6.45, 7) is 2.80. The molecule has 4 nitrogen and oxygen atoms in total. The zero-order chi connectivity index (χ0) is 12.1. The van der Waals surface area contributed by atoms with Crippen LogP contribution in [0.4, 0.5) is 0 Å². The third kappa shape index (κ3) is 3.46. The van der Waals surface area contributed by atoms with E-state index in [0.717, 1.165) is 11.3 Å². The van der Waals surface area contributed by atoms with Crippen LogP contribution in [0, 0.1) is 0 Å². The van der Waals surface area contributed by atoms with Crippen molar-refractivity contribution in [3.8, 4) is 5.75 Å². The molecule has 1 radical (unpaired) electrons. The van der Waals surface area contributed by atoms with Crippen molar-refractivity contribution in [1.29, 1.82) is 0 Å². The first-order valence-corrected chi connectivity index (χ1v) is 5.82. The molecule has 1 aliphatic rings. The van der Waals surface area contributed by atoms with Gasteiger partial charge in [-0.1, -0.05) is 19.1 Å². The van der Waals surface area contributed by atoms with Crippen molar-refractivity contribution < 1.29 is 19.5 Å². The molecule has 0 aromatic heterocycles. The lowest BCUT2D eigenvalue weighted by Crippen LogP contribution is -2.16. The molecule has 91 valence electrons. The van der Waals surface area contributed by atoms with Crippen LogP contribution in [0.2, 0.25) is 0 Å². The Morgan fingerprint density at radius 1 is 1.47 bits per heavy atom. The van der Waals surface area contributed by atoms with Crippen molar-refractivity contribution >= 4 is 7.48 Å². The molecule has 0 bridgehead atoms. The van der Waals surface area contributed by atoms with Gasteiger partial charge in [-0.15, -0.1) is 0 Å². The van der Waals surface area contributed by atoms with Gasteiger partial charge in [0.15, 0.2) is 0 Å². The van der Waals surface area contributed by atoms with Crippen molar-refractivity contribution in [3.05, 3.63) is 29.8 Å². The summed E-state index contributed by atoms with van der Waals surface area (Å²) < 4.78 is 5.45. The van der Waals surface area contributed by atoms with Gasteiger partial charge in [0.05, 0.1) is 12.7 Å². The van der Waals surface area contributed by atoms with Crippen LogP contribution < -0.4 is 4.74 Å². The average molecular weight is 235 g/mol. The lowest BCUT2D eigenvalue weighted by molar-refractivity contribution is -0.183. The van der Waals surface area contributed by atoms with Gasteiger partial charge in [-0.25, -0.2) is 0 Å². The van der Waals surface area contributed by atoms with Crippen molar-refractivity contribution in [2.45, 2.75) is 25.3 Å². The molecule has 1 saturated heterocycles. The molecule has 1 aliphatic heterocycles.